The minimum atomic E-state index is -0.377. The molecular formula is C13H11N3O3S2. The molecule has 0 spiro atoms. The van der Waals surface area contributed by atoms with E-state index in [1.807, 2.05) is 18.4 Å². The van der Waals surface area contributed by atoms with Crippen LogP contribution in [0.4, 0.5) is 0 Å². The highest BCUT2D eigenvalue weighted by molar-refractivity contribution is 7.16. The van der Waals surface area contributed by atoms with E-state index in [1.54, 1.807) is 6.92 Å². The molecule has 6 nitrogen and oxygen atoms in total. The second kappa shape index (κ2) is 5.38. The van der Waals surface area contributed by atoms with Gasteiger partial charge in [-0.25, -0.2) is 9.78 Å². The van der Waals surface area contributed by atoms with Crippen LogP contribution in [-0.2, 0) is 11.3 Å². The quantitative estimate of drug-likeness (QED) is 0.691. The third kappa shape index (κ3) is 2.72. The van der Waals surface area contributed by atoms with Gasteiger partial charge in [-0.05, 0) is 30.9 Å². The predicted molar refractivity (Wildman–Crippen MR) is 80.0 cm³/mol. The number of hydrogen-bond acceptors (Lipinski definition) is 7. The van der Waals surface area contributed by atoms with E-state index in [0.717, 1.165) is 5.56 Å². The second-order valence-corrected chi connectivity index (χ2v) is 6.39. The summed E-state index contributed by atoms with van der Waals surface area (Å²) in [6.45, 7) is 3.64. The molecule has 0 aliphatic heterocycles. The molecule has 0 fully saturated rings. The lowest BCUT2D eigenvalue weighted by Gasteiger charge is -2.00. The van der Waals surface area contributed by atoms with Crippen molar-refractivity contribution in [2.75, 3.05) is 0 Å². The Hall–Kier alpha value is -2.06. The Morgan fingerprint density at radius 3 is 2.95 bits per heavy atom. The first-order chi connectivity index (χ1) is 10.0. The third-order valence-corrected chi connectivity index (χ3v) is 4.67. The molecule has 8 heteroatoms. The molecule has 3 aromatic heterocycles. The van der Waals surface area contributed by atoms with Gasteiger partial charge < -0.3 is 4.74 Å². The first-order valence-corrected chi connectivity index (χ1v) is 7.82. The van der Waals surface area contributed by atoms with Gasteiger partial charge in [0.1, 0.15) is 11.5 Å². The Labute approximate surface area is 127 Å². The molecule has 108 valence electrons. The number of aromatic nitrogens is 3. The van der Waals surface area contributed by atoms with Gasteiger partial charge in [-0.3, -0.25) is 4.79 Å². The van der Waals surface area contributed by atoms with Gasteiger partial charge in [0, 0.05) is 11.8 Å². The first-order valence-electron chi connectivity index (χ1n) is 6.12. The summed E-state index contributed by atoms with van der Waals surface area (Å²) in [6.07, 6.45) is 0. The normalized spacial score (nSPS) is 11.0. The maximum absolute atomic E-state index is 11.9. The van der Waals surface area contributed by atoms with Crippen molar-refractivity contribution < 1.29 is 9.53 Å². The molecule has 21 heavy (non-hydrogen) atoms. The highest BCUT2D eigenvalue weighted by Crippen LogP contribution is 2.18. The third-order valence-electron chi connectivity index (χ3n) is 2.79. The molecule has 0 N–H and O–H groups in total. The van der Waals surface area contributed by atoms with E-state index in [-0.39, 0.29) is 18.1 Å². The van der Waals surface area contributed by atoms with Crippen molar-refractivity contribution in [2.24, 2.45) is 0 Å². The van der Waals surface area contributed by atoms with Crippen LogP contribution in [0.3, 0.4) is 0 Å². The predicted octanol–water partition coefficient (Wildman–Crippen LogP) is 2.19. The molecule has 0 aliphatic carbocycles. The largest absolute Gasteiger partial charge is 0.454 e. The molecule has 0 radical (unpaired) electrons. The summed E-state index contributed by atoms with van der Waals surface area (Å²) in [5, 5.41) is 6.49. The molecule has 0 amide bonds. The lowest BCUT2D eigenvalue weighted by atomic mass is 10.3. The van der Waals surface area contributed by atoms with Crippen LogP contribution in [0.15, 0.2) is 22.3 Å². The van der Waals surface area contributed by atoms with Gasteiger partial charge in [-0.2, -0.15) is 9.61 Å². The van der Waals surface area contributed by atoms with Crippen LogP contribution >= 0.6 is 22.7 Å². The number of ether oxygens (including phenoxy) is 1. The Morgan fingerprint density at radius 1 is 1.43 bits per heavy atom. The van der Waals surface area contributed by atoms with Crippen LogP contribution in [0, 0.1) is 13.8 Å². The topological polar surface area (TPSA) is 73.6 Å². The van der Waals surface area contributed by atoms with Crippen LogP contribution in [0.25, 0.3) is 4.96 Å². The summed E-state index contributed by atoms with van der Waals surface area (Å²) < 4.78 is 6.45. The van der Waals surface area contributed by atoms with Gasteiger partial charge in [0.25, 0.3) is 5.56 Å². The van der Waals surface area contributed by atoms with Crippen LogP contribution in [-0.4, -0.2) is 20.6 Å². The fourth-order valence-electron chi connectivity index (χ4n) is 1.79. The van der Waals surface area contributed by atoms with Gasteiger partial charge in [0.05, 0.1) is 0 Å². The van der Waals surface area contributed by atoms with Crippen molar-refractivity contribution >= 4 is 33.6 Å². The van der Waals surface area contributed by atoms with E-state index in [9.17, 15) is 9.59 Å². The van der Waals surface area contributed by atoms with Crippen molar-refractivity contribution in [3.63, 3.8) is 0 Å². The standard InChI is InChI=1S/C13H11N3O3S2/c1-7-3-4-20-11(7)12(18)19-6-9-15-16-10(17)5-8(2)14-13(16)21-9/h3-5H,6H2,1-2H3. The molecule has 0 saturated carbocycles. The molecule has 0 aliphatic rings. The van der Waals surface area contributed by atoms with Gasteiger partial charge >= 0.3 is 5.97 Å². The van der Waals surface area contributed by atoms with E-state index >= 15 is 0 Å². The number of nitrogens with zero attached hydrogens (tertiary/aromatic N) is 3. The summed E-state index contributed by atoms with van der Waals surface area (Å²) in [5.74, 6) is -0.377. The number of fused-ring (bicyclic) bond motifs is 1. The van der Waals surface area contributed by atoms with Crippen molar-refractivity contribution in [1.29, 1.82) is 0 Å². The summed E-state index contributed by atoms with van der Waals surface area (Å²) in [7, 11) is 0. The van der Waals surface area contributed by atoms with Gasteiger partial charge in [-0.15, -0.1) is 11.3 Å². The van der Waals surface area contributed by atoms with Crippen molar-refractivity contribution in [1.82, 2.24) is 14.6 Å². The Bertz CT molecular complexity index is 878. The lowest BCUT2D eigenvalue weighted by Crippen LogP contribution is -2.14. The van der Waals surface area contributed by atoms with E-state index in [4.69, 9.17) is 4.74 Å². The number of hydrogen-bond donors (Lipinski definition) is 0. The van der Waals surface area contributed by atoms with E-state index in [0.29, 0.717) is 20.5 Å². The van der Waals surface area contributed by atoms with Crippen LogP contribution in [0.2, 0.25) is 0 Å². The van der Waals surface area contributed by atoms with E-state index in [1.165, 1.54) is 33.3 Å². The highest BCUT2D eigenvalue weighted by atomic mass is 32.1. The fraction of sp³-hybridized carbons (Fsp3) is 0.231. The van der Waals surface area contributed by atoms with E-state index in [2.05, 4.69) is 10.1 Å². The number of rotatable bonds is 3. The summed E-state index contributed by atoms with van der Waals surface area (Å²) in [6, 6.07) is 3.28. The zero-order valence-electron chi connectivity index (χ0n) is 11.3. The number of carbonyl (C=O) groups is 1. The maximum atomic E-state index is 11.9. The Balaban J connectivity index is 1.80. The maximum Gasteiger partial charge on any atom is 0.348 e. The molecule has 0 atom stereocenters. The molecule has 3 rings (SSSR count). The van der Waals surface area contributed by atoms with Crippen molar-refractivity contribution in [2.45, 2.75) is 20.5 Å². The number of thiophene rings is 1. The zero-order valence-corrected chi connectivity index (χ0v) is 13.0. The van der Waals surface area contributed by atoms with Gasteiger partial charge in [0.15, 0.2) is 5.01 Å². The van der Waals surface area contributed by atoms with Crippen LogP contribution < -0.4 is 5.56 Å². The molecule has 3 aromatic rings. The average Bonchev–Trinajstić information content (AvgIpc) is 3.02. The zero-order chi connectivity index (χ0) is 15.0. The molecule has 0 bridgehead atoms. The van der Waals surface area contributed by atoms with Crippen LogP contribution in [0.5, 0.6) is 0 Å². The van der Waals surface area contributed by atoms with Crippen molar-refractivity contribution in [3.05, 3.63) is 49.0 Å². The number of esters is 1. The minimum absolute atomic E-state index is 0.0304. The summed E-state index contributed by atoms with van der Waals surface area (Å²) in [4.78, 5) is 29.0. The van der Waals surface area contributed by atoms with E-state index < -0.39 is 0 Å². The lowest BCUT2D eigenvalue weighted by molar-refractivity contribution is 0.0476. The van der Waals surface area contributed by atoms with Crippen molar-refractivity contribution in [3.8, 4) is 0 Å². The SMILES string of the molecule is Cc1cc(=O)n2nc(COC(=O)c3sccc3C)sc2n1. The fourth-order valence-corrected chi connectivity index (χ4v) is 3.47. The smallest absolute Gasteiger partial charge is 0.348 e. The highest BCUT2D eigenvalue weighted by Gasteiger charge is 2.14. The number of aryl methyl sites for hydroxylation is 2. The molecule has 0 saturated heterocycles. The summed E-state index contributed by atoms with van der Waals surface area (Å²) in [5.41, 5.74) is 1.30. The van der Waals surface area contributed by atoms with Crippen LogP contribution in [0.1, 0.15) is 25.9 Å². The average molecular weight is 321 g/mol. The second-order valence-electron chi connectivity index (χ2n) is 4.43. The van der Waals surface area contributed by atoms with Gasteiger partial charge in [0.2, 0.25) is 4.96 Å². The first kappa shape index (κ1) is 13.9. The Kier molecular flexibility index (Phi) is 3.56. The molecule has 0 aromatic carbocycles. The number of carbonyl (C=O) groups excluding carboxylic acids is 1. The molecule has 0 unspecified atom stereocenters. The molecular weight excluding hydrogens is 310 g/mol. The molecule has 3 heterocycles. The minimum Gasteiger partial charge on any atom is -0.454 e. The monoisotopic (exact) mass is 321 g/mol. The van der Waals surface area contributed by atoms with Gasteiger partial charge in [-0.1, -0.05) is 11.3 Å². The Morgan fingerprint density at radius 2 is 2.24 bits per heavy atom. The summed E-state index contributed by atoms with van der Waals surface area (Å²) >= 11 is 2.58.